The molecule has 2 aromatic rings. The lowest BCUT2D eigenvalue weighted by Crippen LogP contribution is -2.09. The van der Waals surface area contributed by atoms with Gasteiger partial charge in [-0.15, -0.1) is 0 Å². The van der Waals surface area contributed by atoms with Crippen LogP contribution in [-0.2, 0) is 13.0 Å². The Hall–Kier alpha value is -2.37. The zero-order chi connectivity index (χ0) is 14.5. The fraction of sp³-hybridized carbons (Fsp3) is 0.286. The molecule has 0 saturated carbocycles. The van der Waals surface area contributed by atoms with Crippen molar-refractivity contribution in [1.82, 2.24) is 9.97 Å². The minimum Gasteiger partial charge on any atom is -0.479 e. The largest absolute Gasteiger partial charge is 0.479 e. The van der Waals surface area contributed by atoms with Crippen molar-refractivity contribution in [2.75, 3.05) is 18.2 Å². The summed E-state index contributed by atoms with van der Waals surface area (Å²) in [6.45, 7) is 2.45. The number of aryl methyl sites for hydroxylation is 1. The maximum atomic E-state index is 12.8. The fourth-order valence-electron chi connectivity index (χ4n) is 1.73. The third-order valence-electron chi connectivity index (χ3n) is 2.84. The molecule has 6 heteroatoms. The third kappa shape index (κ3) is 3.14. The monoisotopic (exact) mass is 276 g/mol. The number of ether oxygens (including phenoxy) is 1. The molecule has 0 aliphatic heterocycles. The van der Waals surface area contributed by atoms with E-state index >= 15 is 0 Å². The molecule has 0 radical (unpaired) electrons. The molecule has 0 aliphatic rings. The number of benzene rings is 1. The lowest BCUT2D eigenvalue weighted by atomic mass is 10.2. The van der Waals surface area contributed by atoms with Crippen LogP contribution in [0.1, 0.15) is 18.3 Å². The molecule has 2 rings (SSSR count). The molecule has 1 aromatic heterocycles. The van der Waals surface area contributed by atoms with Crippen LogP contribution in [0.5, 0.6) is 5.88 Å². The Labute approximate surface area is 117 Å². The molecule has 0 saturated heterocycles. The van der Waals surface area contributed by atoms with Gasteiger partial charge in [0.1, 0.15) is 17.3 Å². The molecule has 0 unspecified atom stereocenters. The summed E-state index contributed by atoms with van der Waals surface area (Å²) >= 11 is 0. The Morgan fingerprint density at radius 3 is 2.55 bits per heavy atom. The maximum absolute atomic E-state index is 12.8. The van der Waals surface area contributed by atoms with Crippen LogP contribution in [0.2, 0.25) is 0 Å². The van der Waals surface area contributed by atoms with Crippen LogP contribution < -0.4 is 15.8 Å². The van der Waals surface area contributed by atoms with E-state index in [2.05, 4.69) is 15.3 Å². The number of hydrogen-bond acceptors (Lipinski definition) is 5. The number of nitrogens with one attached hydrogen (secondary N) is 1. The summed E-state index contributed by atoms with van der Waals surface area (Å²) in [5.41, 5.74) is 7.23. The SMILES string of the molecule is CCc1nc(NCc2ccc(F)cc2)c(N)c(OC)n1. The van der Waals surface area contributed by atoms with Crippen LogP contribution in [-0.4, -0.2) is 17.1 Å². The highest BCUT2D eigenvalue weighted by Crippen LogP contribution is 2.26. The van der Waals surface area contributed by atoms with Gasteiger partial charge >= 0.3 is 0 Å². The van der Waals surface area contributed by atoms with Gasteiger partial charge in [-0.1, -0.05) is 19.1 Å². The summed E-state index contributed by atoms with van der Waals surface area (Å²) in [6.07, 6.45) is 0.682. The Balaban J connectivity index is 2.18. The molecular weight excluding hydrogens is 259 g/mol. The molecule has 20 heavy (non-hydrogen) atoms. The summed E-state index contributed by atoms with van der Waals surface area (Å²) in [5, 5.41) is 3.12. The molecule has 5 nitrogen and oxygen atoms in total. The van der Waals surface area contributed by atoms with Gasteiger partial charge in [0.05, 0.1) is 7.11 Å². The van der Waals surface area contributed by atoms with Gasteiger partial charge in [-0.3, -0.25) is 0 Å². The van der Waals surface area contributed by atoms with Crippen LogP contribution in [0.4, 0.5) is 15.9 Å². The van der Waals surface area contributed by atoms with E-state index in [1.807, 2.05) is 6.92 Å². The second-order valence-corrected chi connectivity index (χ2v) is 4.24. The highest BCUT2D eigenvalue weighted by Gasteiger charge is 2.11. The molecule has 1 heterocycles. The molecule has 0 spiro atoms. The van der Waals surface area contributed by atoms with Gasteiger partial charge in [-0.25, -0.2) is 9.37 Å². The van der Waals surface area contributed by atoms with Crippen molar-refractivity contribution >= 4 is 11.5 Å². The Bertz CT molecular complexity index is 586. The highest BCUT2D eigenvalue weighted by molar-refractivity contribution is 5.67. The third-order valence-corrected chi connectivity index (χ3v) is 2.84. The van der Waals surface area contributed by atoms with Crippen molar-refractivity contribution in [2.45, 2.75) is 19.9 Å². The van der Waals surface area contributed by atoms with Crippen molar-refractivity contribution in [1.29, 1.82) is 0 Å². The number of halogens is 1. The van der Waals surface area contributed by atoms with Gasteiger partial charge in [0.25, 0.3) is 0 Å². The number of rotatable bonds is 5. The van der Waals surface area contributed by atoms with Crippen molar-refractivity contribution in [2.24, 2.45) is 0 Å². The normalized spacial score (nSPS) is 10.3. The average Bonchev–Trinajstić information content (AvgIpc) is 2.48. The summed E-state index contributed by atoms with van der Waals surface area (Å²) < 4.78 is 18.0. The average molecular weight is 276 g/mol. The first-order valence-electron chi connectivity index (χ1n) is 6.32. The topological polar surface area (TPSA) is 73.1 Å². The van der Waals surface area contributed by atoms with Gasteiger partial charge < -0.3 is 15.8 Å². The predicted octanol–water partition coefficient (Wildman–Crippen LogP) is 2.38. The first-order valence-corrected chi connectivity index (χ1v) is 6.32. The van der Waals surface area contributed by atoms with Gasteiger partial charge in [-0.2, -0.15) is 4.98 Å². The number of anilines is 2. The lowest BCUT2D eigenvalue weighted by molar-refractivity contribution is 0.397. The number of hydrogen-bond donors (Lipinski definition) is 2. The van der Waals surface area contributed by atoms with E-state index in [1.165, 1.54) is 19.2 Å². The van der Waals surface area contributed by atoms with Crippen LogP contribution in [0.3, 0.4) is 0 Å². The van der Waals surface area contributed by atoms with E-state index in [1.54, 1.807) is 12.1 Å². The Kier molecular flexibility index (Phi) is 4.34. The molecule has 0 atom stereocenters. The number of methoxy groups -OCH3 is 1. The lowest BCUT2D eigenvalue weighted by Gasteiger charge is -2.12. The second kappa shape index (κ2) is 6.18. The zero-order valence-electron chi connectivity index (χ0n) is 11.5. The van der Waals surface area contributed by atoms with Crippen LogP contribution >= 0.6 is 0 Å². The predicted molar refractivity (Wildman–Crippen MR) is 76.1 cm³/mol. The van der Waals surface area contributed by atoms with Crippen LogP contribution in [0.15, 0.2) is 24.3 Å². The fourth-order valence-corrected chi connectivity index (χ4v) is 1.73. The van der Waals surface area contributed by atoms with E-state index in [9.17, 15) is 4.39 Å². The van der Waals surface area contributed by atoms with Gasteiger partial charge in [-0.05, 0) is 17.7 Å². The van der Waals surface area contributed by atoms with Crippen molar-refractivity contribution in [3.05, 3.63) is 41.5 Å². The summed E-state index contributed by atoms with van der Waals surface area (Å²) in [5.74, 6) is 1.28. The first-order chi connectivity index (χ1) is 9.63. The van der Waals surface area contributed by atoms with Crippen molar-refractivity contribution < 1.29 is 9.13 Å². The summed E-state index contributed by atoms with van der Waals surface area (Å²) in [6, 6.07) is 6.24. The molecule has 0 amide bonds. The zero-order valence-corrected chi connectivity index (χ0v) is 11.5. The summed E-state index contributed by atoms with van der Waals surface area (Å²) in [7, 11) is 1.52. The first kappa shape index (κ1) is 14.0. The van der Waals surface area contributed by atoms with Gasteiger partial charge in [0.2, 0.25) is 5.88 Å². The summed E-state index contributed by atoms with van der Waals surface area (Å²) in [4.78, 5) is 8.52. The van der Waals surface area contributed by atoms with Gasteiger partial charge in [0.15, 0.2) is 5.82 Å². The second-order valence-electron chi connectivity index (χ2n) is 4.24. The van der Waals surface area contributed by atoms with E-state index in [-0.39, 0.29) is 5.82 Å². The van der Waals surface area contributed by atoms with Crippen LogP contribution in [0, 0.1) is 5.82 Å². The molecule has 3 N–H and O–H groups in total. The maximum Gasteiger partial charge on any atom is 0.242 e. The van der Waals surface area contributed by atoms with Gasteiger partial charge in [0, 0.05) is 13.0 Å². The standard InChI is InChI=1S/C14H17FN4O/c1-3-11-18-13(12(16)14(19-11)20-2)17-8-9-4-6-10(15)7-5-9/h4-7H,3,8,16H2,1-2H3,(H,17,18,19). The minimum atomic E-state index is -0.259. The molecule has 0 bridgehead atoms. The highest BCUT2D eigenvalue weighted by atomic mass is 19.1. The van der Waals surface area contributed by atoms with E-state index < -0.39 is 0 Å². The Morgan fingerprint density at radius 1 is 1.25 bits per heavy atom. The quantitative estimate of drug-likeness (QED) is 0.877. The molecule has 0 fully saturated rings. The molecular formula is C14H17FN4O. The smallest absolute Gasteiger partial charge is 0.242 e. The number of nitrogen functional groups attached to an aromatic ring is 1. The number of nitrogens with two attached hydrogens (primary N) is 1. The molecule has 0 aliphatic carbocycles. The number of nitrogens with zero attached hydrogens (tertiary/aromatic N) is 2. The van der Waals surface area contributed by atoms with E-state index in [0.29, 0.717) is 36.2 Å². The van der Waals surface area contributed by atoms with Crippen molar-refractivity contribution in [3.63, 3.8) is 0 Å². The van der Waals surface area contributed by atoms with Crippen molar-refractivity contribution in [3.8, 4) is 5.88 Å². The Morgan fingerprint density at radius 2 is 1.95 bits per heavy atom. The molecule has 106 valence electrons. The van der Waals surface area contributed by atoms with E-state index in [4.69, 9.17) is 10.5 Å². The number of aromatic nitrogens is 2. The molecule has 1 aromatic carbocycles. The van der Waals surface area contributed by atoms with Crippen LogP contribution in [0.25, 0.3) is 0 Å². The minimum absolute atomic E-state index is 0.259. The van der Waals surface area contributed by atoms with E-state index in [0.717, 1.165) is 5.56 Å².